The lowest BCUT2D eigenvalue weighted by Gasteiger charge is -2.17. The van der Waals surface area contributed by atoms with E-state index >= 15 is 0 Å². The Hall–Kier alpha value is -2.19. The number of carbonyl (C=O) groups is 1. The molecule has 1 N–H and O–H groups in total. The van der Waals surface area contributed by atoms with Crippen molar-refractivity contribution in [2.75, 3.05) is 26.8 Å². The lowest BCUT2D eigenvalue weighted by molar-refractivity contribution is 0.0593. The van der Waals surface area contributed by atoms with Crippen LogP contribution in [0.2, 0.25) is 0 Å². The third-order valence-corrected chi connectivity index (χ3v) is 5.25. The fraction of sp³-hybridized carbons (Fsp3) is 0.471. The zero-order chi connectivity index (χ0) is 17.8. The number of methoxy groups -OCH3 is 1. The number of carbonyl (C=O) groups excluding carboxylic acids is 1. The molecule has 1 aliphatic rings. The van der Waals surface area contributed by atoms with Gasteiger partial charge in [0.25, 0.3) is 5.56 Å². The topological polar surface area (TPSA) is 82.5 Å². The minimum atomic E-state index is -0.477. The van der Waals surface area contributed by atoms with Crippen molar-refractivity contribution in [1.29, 1.82) is 0 Å². The van der Waals surface area contributed by atoms with Crippen molar-refractivity contribution < 1.29 is 14.3 Å². The molecule has 2 aromatic heterocycles. The standard InChI is InChI=1S/C17H21N3O4S/c1-11-14(25-10-19-11)4-8-24-13-9-15(21)20-7-6-18-5-3-12(20)16(13)17(22)23-2/h9-10,18H,3-8H2,1-2H3. The van der Waals surface area contributed by atoms with Gasteiger partial charge in [-0.2, -0.15) is 0 Å². The van der Waals surface area contributed by atoms with Crippen LogP contribution in [0.25, 0.3) is 0 Å². The molecule has 25 heavy (non-hydrogen) atoms. The summed E-state index contributed by atoms with van der Waals surface area (Å²) in [5.74, 6) is -0.179. The summed E-state index contributed by atoms with van der Waals surface area (Å²) in [5, 5.41) is 3.23. The Bertz CT molecular complexity index is 828. The lowest BCUT2D eigenvalue weighted by Crippen LogP contribution is -2.28. The number of ether oxygens (including phenoxy) is 2. The fourth-order valence-electron chi connectivity index (χ4n) is 2.95. The highest BCUT2D eigenvalue weighted by Crippen LogP contribution is 2.23. The van der Waals surface area contributed by atoms with Crippen LogP contribution in [0.15, 0.2) is 16.4 Å². The predicted octanol–water partition coefficient (Wildman–Crippen LogP) is 1.17. The summed E-state index contributed by atoms with van der Waals surface area (Å²) in [4.78, 5) is 30.1. The molecule has 0 fully saturated rings. The maximum absolute atomic E-state index is 12.4. The normalized spacial score (nSPS) is 13.8. The van der Waals surface area contributed by atoms with E-state index < -0.39 is 5.97 Å². The first kappa shape index (κ1) is 17.6. The zero-order valence-corrected chi connectivity index (χ0v) is 15.1. The summed E-state index contributed by atoms with van der Waals surface area (Å²) in [6, 6.07) is 1.39. The number of aryl methyl sites for hydroxylation is 1. The van der Waals surface area contributed by atoms with E-state index in [-0.39, 0.29) is 5.56 Å². The van der Waals surface area contributed by atoms with Crippen LogP contribution >= 0.6 is 11.3 Å². The Morgan fingerprint density at radius 2 is 2.28 bits per heavy atom. The van der Waals surface area contributed by atoms with E-state index in [1.54, 1.807) is 21.4 Å². The lowest BCUT2D eigenvalue weighted by atomic mass is 10.1. The first-order valence-electron chi connectivity index (χ1n) is 8.19. The van der Waals surface area contributed by atoms with Gasteiger partial charge in [0.15, 0.2) is 0 Å². The van der Waals surface area contributed by atoms with Gasteiger partial charge < -0.3 is 19.4 Å². The molecule has 0 spiro atoms. The van der Waals surface area contributed by atoms with Crippen LogP contribution in [0.4, 0.5) is 0 Å². The Kier molecular flexibility index (Phi) is 5.50. The molecular formula is C17H21N3O4S. The second-order valence-electron chi connectivity index (χ2n) is 5.77. The summed E-state index contributed by atoms with van der Waals surface area (Å²) < 4.78 is 12.4. The second-order valence-corrected chi connectivity index (χ2v) is 6.71. The maximum atomic E-state index is 12.4. The molecule has 0 unspecified atom stereocenters. The molecule has 0 radical (unpaired) electrons. The van der Waals surface area contributed by atoms with Gasteiger partial charge in [-0.1, -0.05) is 0 Å². The molecule has 2 aromatic rings. The van der Waals surface area contributed by atoms with Crippen LogP contribution in [0, 0.1) is 6.92 Å². The number of hydrogen-bond acceptors (Lipinski definition) is 7. The highest BCUT2D eigenvalue weighted by molar-refractivity contribution is 7.09. The Morgan fingerprint density at radius 3 is 3.00 bits per heavy atom. The smallest absolute Gasteiger partial charge is 0.343 e. The average molecular weight is 363 g/mol. The fourth-order valence-corrected chi connectivity index (χ4v) is 3.72. The van der Waals surface area contributed by atoms with Gasteiger partial charge in [-0.3, -0.25) is 4.79 Å². The predicted molar refractivity (Wildman–Crippen MR) is 94.7 cm³/mol. The van der Waals surface area contributed by atoms with Crippen molar-refractivity contribution in [2.45, 2.75) is 26.3 Å². The molecule has 8 heteroatoms. The summed E-state index contributed by atoms with van der Waals surface area (Å²) in [5.41, 5.74) is 3.65. The van der Waals surface area contributed by atoms with Crippen molar-refractivity contribution >= 4 is 17.3 Å². The molecule has 7 nitrogen and oxygen atoms in total. The number of nitrogens with zero attached hydrogens (tertiary/aromatic N) is 2. The molecule has 0 saturated carbocycles. The van der Waals surface area contributed by atoms with E-state index in [1.807, 2.05) is 6.92 Å². The number of fused-ring (bicyclic) bond motifs is 1. The first-order chi connectivity index (χ1) is 12.1. The number of rotatable bonds is 5. The monoisotopic (exact) mass is 363 g/mol. The average Bonchev–Trinajstić information content (AvgIpc) is 2.85. The summed E-state index contributed by atoms with van der Waals surface area (Å²) in [6.45, 7) is 4.24. The quantitative estimate of drug-likeness (QED) is 0.803. The van der Waals surface area contributed by atoms with Crippen LogP contribution in [0.3, 0.4) is 0 Å². The van der Waals surface area contributed by atoms with E-state index in [9.17, 15) is 9.59 Å². The minimum Gasteiger partial charge on any atom is -0.492 e. The second kappa shape index (κ2) is 7.79. The van der Waals surface area contributed by atoms with Crippen molar-refractivity contribution in [2.24, 2.45) is 0 Å². The molecule has 0 amide bonds. The Morgan fingerprint density at radius 1 is 1.44 bits per heavy atom. The van der Waals surface area contributed by atoms with Gasteiger partial charge in [0.1, 0.15) is 11.3 Å². The molecule has 3 heterocycles. The van der Waals surface area contributed by atoms with E-state index in [0.717, 1.165) is 10.6 Å². The van der Waals surface area contributed by atoms with Crippen LogP contribution < -0.4 is 15.6 Å². The number of esters is 1. The third kappa shape index (κ3) is 3.74. The minimum absolute atomic E-state index is 0.157. The van der Waals surface area contributed by atoms with E-state index in [1.165, 1.54) is 13.2 Å². The van der Waals surface area contributed by atoms with Crippen LogP contribution in [0.1, 0.15) is 26.6 Å². The molecule has 1 aliphatic heterocycles. The first-order valence-corrected chi connectivity index (χ1v) is 9.07. The molecule has 0 saturated heterocycles. The van der Waals surface area contributed by atoms with Gasteiger partial charge >= 0.3 is 5.97 Å². The highest BCUT2D eigenvalue weighted by Gasteiger charge is 2.24. The molecule has 0 aromatic carbocycles. The van der Waals surface area contributed by atoms with Gasteiger partial charge in [-0.15, -0.1) is 11.3 Å². The molecular weight excluding hydrogens is 342 g/mol. The van der Waals surface area contributed by atoms with Gasteiger partial charge in [-0.25, -0.2) is 9.78 Å². The number of aromatic nitrogens is 2. The highest BCUT2D eigenvalue weighted by atomic mass is 32.1. The van der Waals surface area contributed by atoms with Crippen molar-refractivity contribution in [3.63, 3.8) is 0 Å². The van der Waals surface area contributed by atoms with Gasteiger partial charge in [0.05, 0.1) is 24.9 Å². The third-order valence-electron chi connectivity index (χ3n) is 4.25. The number of pyridine rings is 1. The summed E-state index contributed by atoms with van der Waals surface area (Å²) in [6.07, 6.45) is 1.25. The summed E-state index contributed by atoms with van der Waals surface area (Å²) in [7, 11) is 1.34. The van der Waals surface area contributed by atoms with Crippen LogP contribution in [-0.4, -0.2) is 42.3 Å². The maximum Gasteiger partial charge on any atom is 0.343 e. The zero-order valence-electron chi connectivity index (χ0n) is 14.3. The number of thiazole rings is 1. The van der Waals surface area contributed by atoms with E-state index in [4.69, 9.17) is 9.47 Å². The number of nitrogens with one attached hydrogen (secondary N) is 1. The molecule has 3 rings (SSSR count). The Balaban J connectivity index is 1.90. The number of hydrogen-bond donors (Lipinski definition) is 1. The summed E-state index contributed by atoms with van der Waals surface area (Å²) >= 11 is 1.57. The molecule has 0 bridgehead atoms. The SMILES string of the molecule is COC(=O)c1c(OCCc2scnc2C)cc(=O)n2c1CCNCC2. The molecule has 0 aliphatic carbocycles. The molecule has 0 atom stereocenters. The Labute approximate surface area is 149 Å². The van der Waals surface area contributed by atoms with Crippen molar-refractivity contribution in [3.05, 3.63) is 43.8 Å². The van der Waals surface area contributed by atoms with Crippen LogP contribution in [-0.2, 0) is 24.1 Å². The van der Waals surface area contributed by atoms with Crippen molar-refractivity contribution in [3.8, 4) is 5.75 Å². The van der Waals surface area contributed by atoms with E-state index in [2.05, 4.69) is 10.3 Å². The largest absolute Gasteiger partial charge is 0.492 e. The molecule has 134 valence electrons. The van der Waals surface area contributed by atoms with E-state index in [0.29, 0.717) is 56.1 Å². The van der Waals surface area contributed by atoms with Gasteiger partial charge in [0, 0.05) is 49.1 Å². The van der Waals surface area contributed by atoms with Crippen LogP contribution in [0.5, 0.6) is 5.75 Å². The van der Waals surface area contributed by atoms with Gasteiger partial charge in [0.2, 0.25) is 0 Å². The van der Waals surface area contributed by atoms with Gasteiger partial charge in [-0.05, 0) is 6.92 Å². The van der Waals surface area contributed by atoms with Crippen molar-refractivity contribution in [1.82, 2.24) is 14.9 Å².